The van der Waals surface area contributed by atoms with Gasteiger partial charge in [-0.15, -0.1) is 5.10 Å². The van der Waals surface area contributed by atoms with Gasteiger partial charge in [0, 0.05) is 34.5 Å². The van der Waals surface area contributed by atoms with Gasteiger partial charge in [0.25, 0.3) is 17.7 Å². The minimum atomic E-state index is -0.300. The number of nitrogens with zero attached hydrogens (tertiary/aromatic N) is 18. The molecule has 2 saturated carbocycles. The highest BCUT2D eigenvalue weighted by Crippen LogP contribution is 2.40. The van der Waals surface area contributed by atoms with Gasteiger partial charge in [-0.1, -0.05) is 51.0 Å². The first kappa shape index (κ1) is 70.4. The number of rotatable bonds is 18. The Labute approximate surface area is 613 Å². The number of hydrogen-bond acceptors (Lipinski definition) is 28. The van der Waals surface area contributed by atoms with Crippen molar-refractivity contribution in [3.63, 3.8) is 0 Å². The molecule has 13 heterocycles. The summed E-state index contributed by atoms with van der Waals surface area (Å²) in [5.74, 6) is 11.6. The summed E-state index contributed by atoms with van der Waals surface area (Å²) in [5, 5.41) is 26.4. The molecule has 12 aromatic heterocycles. The van der Waals surface area contributed by atoms with Crippen molar-refractivity contribution in [2.24, 2.45) is 0 Å². The van der Waals surface area contributed by atoms with E-state index in [0.717, 1.165) is 120 Å². The van der Waals surface area contributed by atoms with Gasteiger partial charge >= 0.3 is 0 Å². The number of anilines is 1. The van der Waals surface area contributed by atoms with E-state index in [0.29, 0.717) is 107 Å². The molecule has 3 aromatic carbocycles. The van der Waals surface area contributed by atoms with Crippen LogP contribution in [0.25, 0.3) is 78.7 Å². The maximum atomic E-state index is 6.13. The van der Waals surface area contributed by atoms with E-state index >= 15 is 0 Å². The van der Waals surface area contributed by atoms with Gasteiger partial charge in [-0.05, 0) is 206 Å². The summed E-state index contributed by atoms with van der Waals surface area (Å²) in [6, 6.07) is 32.2. The standard InChI is InChI=1S/C21H20N4O4.C20H19N5O3.C19H18N4O3.C18H22N6/c1-11-8-17-20(27-11)22-13(3)23-21(17)28-12(2)14-4-6-15(7-5-14)19-24-18(25-29-19)16-9-26-10-16;1-10-8-15-19(26-10)22-12(3)23-20(15)27-11(2)16-7-6-14(9-21-16)18-24-17(25-28-18)13-4-5-13;1-10-9-16-18(24-10)20-12(3)21-19(16)25-11(2)14-5-7-15(8-6-14)17-22-13(4)23-26-17;1-10-11(2)19-13(4)21-18(10)20-12(3)14-5-8-17-16(9-14)22-23-24(17)15-6-7-15/h4-8,12,16H,9-10H2,1-3H3;6-9,11,13H,4-5H2,1-3H3;5-9,11H,1-4H3;5,8-9,12,15H,6-7H2,1-4H3,(H,19,20,21). The van der Waals surface area contributed by atoms with E-state index in [-0.39, 0.29) is 30.3 Å². The van der Waals surface area contributed by atoms with Crippen molar-refractivity contribution in [2.45, 2.75) is 165 Å². The molecule has 1 N–H and O–H groups in total. The second-order valence-corrected chi connectivity index (χ2v) is 27.2. The Morgan fingerprint density at radius 2 is 0.925 bits per heavy atom. The van der Waals surface area contributed by atoms with Crippen LogP contribution in [0.3, 0.4) is 0 Å². The average Bonchev–Trinajstić information content (AvgIpc) is 1.64. The van der Waals surface area contributed by atoms with Crippen LogP contribution in [-0.4, -0.2) is 103 Å². The van der Waals surface area contributed by atoms with Crippen LogP contribution in [0.2, 0.25) is 0 Å². The minimum Gasteiger partial charge on any atom is -0.469 e. The SMILES string of the molecule is Cc1nc(C)c(C)c(NC(C)c2ccc3c(c2)nnn3C2CC2)n1.Cc1nc(OC(C)c2ccc(-c3nc(C4CC4)no3)cn2)c2cc(C)oc2n1.Cc1nc(OC(C)c2ccc(-c3nc(C4COC4)no3)cc2)c2cc(C)oc2n1.Cc1noc(-c2ccc(C(C)Oc3nc(C)nc4oc(C)cc34)cc2)n1. The number of benzene rings is 3. The van der Waals surface area contributed by atoms with Gasteiger partial charge in [-0.25, -0.2) is 14.6 Å². The Morgan fingerprint density at radius 1 is 0.449 bits per heavy atom. The van der Waals surface area contributed by atoms with Crippen molar-refractivity contribution >= 4 is 50.2 Å². The smallest absolute Gasteiger partial charge is 0.259 e. The van der Waals surface area contributed by atoms with Crippen molar-refractivity contribution in [2.75, 3.05) is 18.5 Å². The summed E-state index contributed by atoms with van der Waals surface area (Å²) in [5.41, 5.74) is 12.3. The second-order valence-electron chi connectivity index (χ2n) is 27.2. The third-order valence-electron chi connectivity index (χ3n) is 18.4. The van der Waals surface area contributed by atoms with E-state index in [1.807, 2.05) is 162 Å². The molecule has 4 unspecified atom stereocenters. The first-order chi connectivity index (χ1) is 51.6. The van der Waals surface area contributed by atoms with Crippen molar-refractivity contribution in [3.8, 4) is 52.0 Å². The van der Waals surface area contributed by atoms with Crippen molar-refractivity contribution in [1.29, 1.82) is 0 Å². The van der Waals surface area contributed by atoms with Crippen LogP contribution in [0, 0.1) is 69.2 Å². The van der Waals surface area contributed by atoms with Crippen LogP contribution in [0.1, 0.15) is 187 Å². The van der Waals surface area contributed by atoms with E-state index in [4.69, 9.17) is 45.8 Å². The summed E-state index contributed by atoms with van der Waals surface area (Å²) < 4.78 is 58.3. The molecule has 4 atom stereocenters. The third kappa shape index (κ3) is 15.9. The van der Waals surface area contributed by atoms with Gasteiger partial charge in [0.05, 0.1) is 48.0 Å². The molecule has 15 aromatic rings. The van der Waals surface area contributed by atoms with Crippen LogP contribution in [0.5, 0.6) is 17.6 Å². The predicted octanol–water partition coefficient (Wildman–Crippen LogP) is 16.4. The van der Waals surface area contributed by atoms with Crippen LogP contribution < -0.4 is 19.5 Å². The Morgan fingerprint density at radius 3 is 1.40 bits per heavy atom. The van der Waals surface area contributed by atoms with Gasteiger partial charge in [-0.3, -0.25) is 4.98 Å². The quantitative estimate of drug-likeness (QED) is 0.0833. The first-order valence-corrected chi connectivity index (χ1v) is 35.6. The molecule has 546 valence electrons. The molecule has 0 radical (unpaired) electrons. The highest BCUT2D eigenvalue weighted by atomic mass is 16.5. The predicted molar refractivity (Wildman–Crippen MR) is 392 cm³/mol. The molecule has 107 heavy (non-hydrogen) atoms. The molecule has 1 saturated heterocycles. The average molecular weight is 1440 g/mol. The molecular formula is C78H79N19O10. The molecule has 29 nitrogen and oxygen atoms in total. The van der Waals surface area contributed by atoms with Crippen LogP contribution in [-0.2, 0) is 4.74 Å². The molecule has 0 amide bonds. The first-order valence-electron chi connectivity index (χ1n) is 35.6. The number of ether oxygens (including phenoxy) is 4. The summed E-state index contributed by atoms with van der Waals surface area (Å²) in [6.07, 6.45) is 5.72. The van der Waals surface area contributed by atoms with Crippen LogP contribution in [0.4, 0.5) is 5.82 Å². The Balaban J connectivity index is 0.000000114. The van der Waals surface area contributed by atoms with E-state index in [2.05, 4.69) is 121 Å². The van der Waals surface area contributed by atoms with Crippen LogP contribution >= 0.6 is 0 Å². The van der Waals surface area contributed by atoms with Gasteiger partial charge in [0.2, 0.25) is 34.8 Å². The largest absolute Gasteiger partial charge is 0.469 e. The van der Waals surface area contributed by atoms with Gasteiger partial charge < -0.3 is 51.1 Å². The molecule has 0 spiro atoms. The summed E-state index contributed by atoms with van der Waals surface area (Å²) >= 11 is 0. The van der Waals surface area contributed by atoms with Crippen molar-refractivity contribution < 1.29 is 45.8 Å². The molecule has 18 rings (SSSR count). The van der Waals surface area contributed by atoms with Crippen LogP contribution in [0.15, 0.2) is 130 Å². The molecule has 3 fully saturated rings. The Hall–Kier alpha value is -12.3. The normalized spacial score (nSPS) is 14.7. The lowest BCUT2D eigenvalue weighted by Gasteiger charge is -2.22. The number of nitrogens with one attached hydrogen (secondary N) is 1. The fourth-order valence-corrected chi connectivity index (χ4v) is 12.1. The lowest BCUT2D eigenvalue weighted by molar-refractivity contribution is 0.00403. The van der Waals surface area contributed by atoms with E-state index in [1.165, 1.54) is 18.4 Å². The lowest BCUT2D eigenvalue weighted by Crippen LogP contribution is -2.26. The lowest BCUT2D eigenvalue weighted by atomic mass is 10.1. The van der Waals surface area contributed by atoms with E-state index in [1.54, 1.807) is 13.1 Å². The number of furan rings is 3. The molecule has 29 heteroatoms. The zero-order chi connectivity index (χ0) is 74.3. The molecule has 1 aliphatic heterocycles. The molecule has 3 aliphatic rings. The van der Waals surface area contributed by atoms with E-state index < -0.39 is 0 Å². The highest BCUT2D eigenvalue weighted by molar-refractivity contribution is 5.82. The van der Waals surface area contributed by atoms with Crippen molar-refractivity contribution in [3.05, 3.63) is 195 Å². The Kier molecular flexibility index (Phi) is 19.5. The highest BCUT2D eigenvalue weighted by Gasteiger charge is 2.31. The van der Waals surface area contributed by atoms with Crippen molar-refractivity contribution in [1.82, 2.24) is 90.3 Å². The fourth-order valence-electron chi connectivity index (χ4n) is 12.1. The second kappa shape index (κ2) is 29.7. The third-order valence-corrected chi connectivity index (χ3v) is 18.4. The number of pyridine rings is 1. The molecule has 0 bridgehead atoms. The summed E-state index contributed by atoms with van der Waals surface area (Å²) in [4.78, 5) is 52.8. The summed E-state index contributed by atoms with van der Waals surface area (Å²) in [6.45, 7) is 28.2. The monoisotopic (exact) mass is 1440 g/mol. The zero-order valence-electron chi connectivity index (χ0n) is 61.7. The minimum absolute atomic E-state index is 0.132. The van der Waals surface area contributed by atoms with E-state index in [9.17, 15) is 0 Å². The Bertz CT molecular complexity index is 5670. The fraction of sp³-hybridized carbons (Fsp3) is 0.346. The summed E-state index contributed by atoms with van der Waals surface area (Å²) in [7, 11) is 0. The number of aryl methyl sites for hydroxylation is 9. The maximum absolute atomic E-state index is 6.13. The number of hydrogen-bond donors (Lipinski definition) is 1. The van der Waals surface area contributed by atoms with Gasteiger partial charge in [0.15, 0.2) is 17.5 Å². The number of aromatic nitrogens is 18. The topological polar surface area (TPSA) is 352 Å². The molecular weight excluding hydrogens is 1360 g/mol. The number of fused-ring (bicyclic) bond motifs is 4. The molecule has 2 aliphatic carbocycles. The van der Waals surface area contributed by atoms with Gasteiger partial charge in [-0.2, -0.15) is 44.9 Å². The zero-order valence-corrected chi connectivity index (χ0v) is 61.7. The maximum Gasteiger partial charge on any atom is 0.259 e. The van der Waals surface area contributed by atoms with Gasteiger partial charge in [0.1, 0.15) is 86.4 Å².